The second kappa shape index (κ2) is 16.1. The van der Waals surface area contributed by atoms with Gasteiger partial charge in [-0.15, -0.1) is 43.0 Å². The molecule has 114 valence electrons. The van der Waals surface area contributed by atoms with Gasteiger partial charge in [0.15, 0.2) is 0 Å². The Morgan fingerprint density at radius 2 is 1.71 bits per heavy atom. The van der Waals surface area contributed by atoms with Crippen molar-refractivity contribution in [3.05, 3.63) is 72.7 Å². The minimum atomic E-state index is 0. The van der Waals surface area contributed by atoms with Crippen LogP contribution in [0.2, 0.25) is 0 Å². The summed E-state index contributed by atoms with van der Waals surface area (Å²) in [4.78, 5) is 0. The minimum absolute atomic E-state index is 0. The number of rotatable bonds is 0. The summed E-state index contributed by atoms with van der Waals surface area (Å²) in [5.41, 5.74) is 1.34. The first-order chi connectivity index (χ1) is 8.77. The summed E-state index contributed by atoms with van der Waals surface area (Å²) in [5.74, 6) is 0. The van der Waals surface area contributed by atoms with Gasteiger partial charge in [-0.25, -0.2) is 11.6 Å². The fourth-order valence-electron chi connectivity index (χ4n) is 1.57. The second-order valence-electron chi connectivity index (χ2n) is 4.23. The van der Waals surface area contributed by atoms with Crippen molar-refractivity contribution in [2.24, 2.45) is 0 Å². The third-order valence-corrected chi connectivity index (χ3v) is 2.42. The largest absolute Gasteiger partial charge is 2.00 e. The summed E-state index contributed by atoms with van der Waals surface area (Å²) >= 11 is 0. The molecular weight excluding hydrogens is 378 g/mol. The molecule has 0 saturated carbocycles. The Morgan fingerprint density at radius 3 is 2.14 bits per heavy atom. The summed E-state index contributed by atoms with van der Waals surface area (Å²) < 4.78 is 0. The Balaban J connectivity index is -0.000000242. The van der Waals surface area contributed by atoms with Crippen LogP contribution in [-0.4, -0.2) is 0 Å². The van der Waals surface area contributed by atoms with Crippen molar-refractivity contribution in [1.82, 2.24) is 0 Å². The van der Waals surface area contributed by atoms with Crippen LogP contribution in [0.25, 0.3) is 10.8 Å². The fourth-order valence-corrected chi connectivity index (χ4v) is 1.57. The molecule has 3 rings (SSSR count). The molecule has 0 radical (unpaired) electrons. The molecule has 1 aliphatic carbocycles. The maximum absolute atomic E-state index is 3.05. The van der Waals surface area contributed by atoms with Crippen molar-refractivity contribution < 1.29 is 51.0 Å². The average Bonchev–Trinajstić information content (AvgIpc) is 3.01. The van der Waals surface area contributed by atoms with Crippen molar-refractivity contribution in [1.29, 1.82) is 0 Å². The smallest absolute Gasteiger partial charge is 1.00 e. The summed E-state index contributed by atoms with van der Waals surface area (Å²) in [7, 11) is 0. The molecule has 0 aromatic heterocycles. The standard InChI is InChI=1S/C9H7.C6H7.C3H7.2ClH.Zr/c1-2-5-9-7-3-6-8(9)4-1;1-6-4-2-3-5-6;1-3-2;;;/h1-7H;4-5H,2H2,1H3;3H,1-2H3;2*1H;/q3*-1;;;+2/p-2. The normalized spacial score (nSPS) is 10.5. The Morgan fingerprint density at radius 1 is 1.10 bits per heavy atom. The predicted octanol–water partition coefficient (Wildman–Crippen LogP) is -0.510. The first kappa shape index (κ1) is 25.7. The molecule has 1 aliphatic rings. The van der Waals surface area contributed by atoms with E-state index in [-0.39, 0.29) is 51.0 Å². The van der Waals surface area contributed by atoms with Crippen molar-refractivity contribution >= 4 is 10.8 Å². The zero-order valence-electron chi connectivity index (χ0n) is 12.7. The zero-order valence-corrected chi connectivity index (χ0v) is 16.7. The zero-order chi connectivity index (χ0) is 13.2. The first-order valence-electron chi connectivity index (χ1n) is 6.35. The van der Waals surface area contributed by atoms with Crippen molar-refractivity contribution in [2.75, 3.05) is 0 Å². The molecule has 0 aliphatic heterocycles. The molecule has 21 heavy (non-hydrogen) atoms. The van der Waals surface area contributed by atoms with E-state index in [1.165, 1.54) is 16.3 Å². The van der Waals surface area contributed by atoms with Gasteiger partial charge in [0.2, 0.25) is 0 Å². The van der Waals surface area contributed by atoms with Crippen LogP contribution in [0.5, 0.6) is 0 Å². The molecule has 0 bridgehead atoms. The van der Waals surface area contributed by atoms with Gasteiger partial charge in [0.05, 0.1) is 0 Å². The minimum Gasteiger partial charge on any atom is -1.00 e. The van der Waals surface area contributed by atoms with Crippen molar-refractivity contribution in [2.45, 2.75) is 27.2 Å². The second-order valence-corrected chi connectivity index (χ2v) is 4.23. The maximum atomic E-state index is 3.05. The van der Waals surface area contributed by atoms with E-state index in [2.05, 4.69) is 61.5 Å². The van der Waals surface area contributed by atoms with E-state index in [0.717, 1.165) is 6.42 Å². The van der Waals surface area contributed by atoms with Crippen LogP contribution in [0, 0.1) is 12.5 Å². The van der Waals surface area contributed by atoms with Gasteiger partial charge in [-0.1, -0.05) is 6.07 Å². The van der Waals surface area contributed by atoms with Gasteiger partial charge in [-0.2, -0.15) is 37.4 Å². The topological polar surface area (TPSA) is 0 Å². The van der Waals surface area contributed by atoms with Crippen LogP contribution < -0.4 is 24.8 Å². The molecule has 0 heterocycles. The quantitative estimate of drug-likeness (QED) is 0.524. The number of hydrogen-bond acceptors (Lipinski definition) is 0. The van der Waals surface area contributed by atoms with Gasteiger partial charge in [0.25, 0.3) is 0 Å². The Hall–Kier alpha value is -0.227. The van der Waals surface area contributed by atoms with Gasteiger partial charge < -0.3 is 31.2 Å². The SMILES string of the molecule is CC1=CC[C-]=C1.C[CH-]C.[Cl-].[Cl-].[Zr+2].c1ccc2[cH-]ccc2c1. The number of halogens is 2. The summed E-state index contributed by atoms with van der Waals surface area (Å²) in [6.45, 7) is 6.08. The van der Waals surface area contributed by atoms with E-state index in [4.69, 9.17) is 0 Å². The number of benzene rings is 1. The molecule has 3 heteroatoms. The third kappa shape index (κ3) is 11.1. The Bertz CT molecular complexity index is 480. The molecule has 0 atom stereocenters. The number of fused-ring (bicyclic) bond motifs is 1. The third-order valence-electron chi connectivity index (χ3n) is 2.42. The molecule has 0 unspecified atom stereocenters. The molecule has 0 fully saturated rings. The number of hydrogen-bond donors (Lipinski definition) is 0. The first-order valence-corrected chi connectivity index (χ1v) is 6.35. The van der Waals surface area contributed by atoms with Crippen LogP contribution in [-0.2, 0) is 26.2 Å². The van der Waals surface area contributed by atoms with E-state index in [9.17, 15) is 0 Å². The summed E-state index contributed by atoms with van der Waals surface area (Å²) in [6.07, 6.45) is 10.2. The molecule has 2 aromatic carbocycles. The molecule has 0 spiro atoms. The van der Waals surface area contributed by atoms with Crippen LogP contribution >= 0.6 is 0 Å². The van der Waals surface area contributed by atoms with Gasteiger partial charge in [0.1, 0.15) is 0 Å². The van der Waals surface area contributed by atoms with Gasteiger partial charge in [-0.3, -0.25) is 6.08 Å². The van der Waals surface area contributed by atoms with Crippen LogP contribution in [0.4, 0.5) is 0 Å². The van der Waals surface area contributed by atoms with Crippen molar-refractivity contribution in [3.63, 3.8) is 0 Å². The maximum Gasteiger partial charge on any atom is 2.00 e. The molecule has 0 saturated heterocycles. The molecule has 0 amide bonds. The van der Waals surface area contributed by atoms with Crippen LogP contribution in [0.3, 0.4) is 0 Å². The molecule has 2 aromatic rings. The van der Waals surface area contributed by atoms with Crippen LogP contribution in [0.1, 0.15) is 27.2 Å². The monoisotopic (exact) mass is 397 g/mol. The van der Waals surface area contributed by atoms with E-state index >= 15 is 0 Å². The van der Waals surface area contributed by atoms with E-state index < -0.39 is 0 Å². The van der Waals surface area contributed by atoms with Gasteiger partial charge >= 0.3 is 26.2 Å². The average molecular weight is 399 g/mol. The fraction of sp³-hybridized carbons (Fsp3) is 0.222. The van der Waals surface area contributed by atoms with Gasteiger partial charge in [-0.05, 0) is 0 Å². The molecule has 0 nitrogen and oxygen atoms in total. The number of allylic oxidation sites excluding steroid dienone is 4. The van der Waals surface area contributed by atoms with E-state index in [1.54, 1.807) is 0 Å². The van der Waals surface area contributed by atoms with Crippen LogP contribution in [0.15, 0.2) is 60.2 Å². The predicted molar refractivity (Wildman–Crippen MR) is 81.4 cm³/mol. The van der Waals surface area contributed by atoms with E-state index in [0.29, 0.717) is 0 Å². The molecular formula is C18H21Cl2Zr-3. The Labute approximate surface area is 161 Å². The molecule has 0 N–H and O–H groups in total. The van der Waals surface area contributed by atoms with Crippen molar-refractivity contribution in [3.8, 4) is 0 Å². The van der Waals surface area contributed by atoms with Gasteiger partial charge in [0, 0.05) is 0 Å². The Kier molecular flexibility index (Phi) is 19.8. The summed E-state index contributed by atoms with van der Waals surface area (Å²) in [6, 6.07) is 14.7. The van der Waals surface area contributed by atoms with E-state index in [1.807, 2.05) is 26.3 Å². The summed E-state index contributed by atoms with van der Waals surface area (Å²) in [5, 5.41) is 2.66.